The van der Waals surface area contributed by atoms with E-state index in [1.165, 1.54) is 33.6 Å². The molecule has 8 nitrogen and oxygen atoms in total. The van der Waals surface area contributed by atoms with Crippen molar-refractivity contribution in [1.82, 2.24) is 13.4 Å². The molecule has 3 rings (SSSR count). The zero-order chi connectivity index (χ0) is 17.6. The third-order valence-corrected chi connectivity index (χ3v) is 6.42. The third kappa shape index (κ3) is 2.48. The molecule has 2 heterocycles. The Hall–Kier alpha value is -1.97. The lowest BCUT2D eigenvalue weighted by atomic mass is 10.2. The minimum atomic E-state index is -3.69. The van der Waals surface area contributed by atoms with E-state index in [0.717, 1.165) is 0 Å². The first kappa shape index (κ1) is 16.9. The fraction of sp³-hybridized carbons (Fsp3) is 0.467. The number of aryl methyl sites for hydroxylation is 3. The molecule has 24 heavy (non-hydrogen) atoms. The SMILES string of the molecule is Cc1cc2c(cc1S(=O)(=O)N1CCOCC1)n(C)c(=O)c(=O)n2C. The number of hydrogen-bond donors (Lipinski definition) is 0. The molecule has 1 aromatic heterocycles. The molecule has 1 aliphatic heterocycles. The summed E-state index contributed by atoms with van der Waals surface area (Å²) in [7, 11) is -0.720. The van der Waals surface area contributed by atoms with Crippen molar-refractivity contribution in [2.24, 2.45) is 14.1 Å². The van der Waals surface area contributed by atoms with E-state index in [4.69, 9.17) is 4.74 Å². The van der Waals surface area contributed by atoms with Gasteiger partial charge in [0.2, 0.25) is 10.0 Å². The lowest BCUT2D eigenvalue weighted by Gasteiger charge is -2.27. The predicted octanol–water partition coefficient (Wildman–Crippen LogP) is -0.433. The van der Waals surface area contributed by atoms with E-state index in [9.17, 15) is 18.0 Å². The number of sulfonamides is 1. The first-order valence-electron chi connectivity index (χ1n) is 7.53. The lowest BCUT2D eigenvalue weighted by Crippen LogP contribution is -2.41. The summed E-state index contributed by atoms with van der Waals surface area (Å²) in [5, 5.41) is 0. The summed E-state index contributed by atoms with van der Waals surface area (Å²) in [5.74, 6) is 0. The standard InChI is InChI=1S/C15H19N3O5S/c1-10-8-11-12(17(3)15(20)14(19)16(11)2)9-13(10)24(21,22)18-4-6-23-7-5-18/h8-9H,4-7H2,1-3H3. The molecule has 0 bridgehead atoms. The van der Waals surface area contributed by atoms with Crippen LogP contribution in [0.4, 0.5) is 0 Å². The Morgan fingerprint density at radius 1 is 0.958 bits per heavy atom. The maximum Gasteiger partial charge on any atom is 0.316 e. The molecular weight excluding hydrogens is 334 g/mol. The average Bonchev–Trinajstić information content (AvgIpc) is 2.58. The van der Waals surface area contributed by atoms with Crippen molar-refractivity contribution in [3.8, 4) is 0 Å². The van der Waals surface area contributed by atoms with Crippen LogP contribution in [-0.4, -0.2) is 48.2 Å². The van der Waals surface area contributed by atoms with Gasteiger partial charge < -0.3 is 13.9 Å². The molecule has 0 N–H and O–H groups in total. The van der Waals surface area contributed by atoms with Gasteiger partial charge in [0.1, 0.15) is 0 Å². The fourth-order valence-electron chi connectivity index (χ4n) is 2.91. The molecule has 1 saturated heterocycles. The lowest BCUT2D eigenvalue weighted by molar-refractivity contribution is 0.0730. The summed E-state index contributed by atoms with van der Waals surface area (Å²) in [6.45, 7) is 3.00. The van der Waals surface area contributed by atoms with Crippen LogP contribution >= 0.6 is 0 Å². The van der Waals surface area contributed by atoms with Gasteiger partial charge in [-0.05, 0) is 24.6 Å². The van der Waals surface area contributed by atoms with Crippen LogP contribution in [0.3, 0.4) is 0 Å². The number of fused-ring (bicyclic) bond motifs is 1. The second kappa shape index (κ2) is 5.83. The second-order valence-corrected chi connectivity index (χ2v) is 7.76. The zero-order valence-electron chi connectivity index (χ0n) is 13.8. The van der Waals surface area contributed by atoms with Crippen LogP contribution in [0.2, 0.25) is 0 Å². The molecular formula is C15H19N3O5S. The first-order valence-corrected chi connectivity index (χ1v) is 8.97. The van der Waals surface area contributed by atoms with E-state index >= 15 is 0 Å². The van der Waals surface area contributed by atoms with Gasteiger partial charge in [-0.15, -0.1) is 0 Å². The van der Waals surface area contributed by atoms with E-state index in [0.29, 0.717) is 42.9 Å². The number of rotatable bonds is 2. The predicted molar refractivity (Wildman–Crippen MR) is 88.7 cm³/mol. The van der Waals surface area contributed by atoms with Gasteiger partial charge in [0.15, 0.2) is 0 Å². The molecule has 0 spiro atoms. The quantitative estimate of drug-likeness (QED) is 0.683. The highest BCUT2D eigenvalue weighted by Crippen LogP contribution is 2.25. The molecule has 1 aliphatic rings. The average molecular weight is 353 g/mol. The highest BCUT2D eigenvalue weighted by Gasteiger charge is 2.28. The Morgan fingerprint density at radius 2 is 1.46 bits per heavy atom. The maximum atomic E-state index is 12.9. The van der Waals surface area contributed by atoms with E-state index in [-0.39, 0.29) is 4.90 Å². The van der Waals surface area contributed by atoms with Crippen molar-refractivity contribution in [2.45, 2.75) is 11.8 Å². The zero-order valence-corrected chi connectivity index (χ0v) is 14.6. The molecule has 1 fully saturated rings. The topological polar surface area (TPSA) is 90.6 Å². The van der Waals surface area contributed by atoms with Crippen molar-refractivity contribution in [3.05, 3.63) is 38.4 Å². The Morgan fingerprint density at radius 3 is 2.00 bits per heavy atom. The summed E-state index contributed by atoms with van der Waals surface area (Å²) < 4.78 is 34.8. The third-order valence-electron chi connectivity index (χ3n) is 4.37. The number of nitrogens with zero attached hydrogens (tertiary/aromatic N) is 3. The molecule has 9 heteroatoms. The van der Waals surface area contributed by atoms with Crippen molar-refractivity contribution in [1.29, 1.82) is 0 Å². The first-order chi connectivity index (χ1) is 11.2. The Kier molecular flexibility index (Phi) is 4.10. The largest absolute Gasteiger partial charge is 0.379 e. The van der Waals surface area contributed by atoms with Gasteiger partial charge in [0.25, 0.3) is 0 Å². The second-order valence-electron chi connectivity index (χ2n) is 5.85. The number of hydrogen-bond acceptors (Lipinski definition) is 5. The van der Waals surface area contributed by atoms with Crippen molar-refractivity contribution < 1.29 is 13.2 Å². The monoisotopic (exact) mass is 353 g/mol. The van der Waals surface area contributed by atoms with Gasteiger partial charge in [0.05, 0.1) is 29.1 Å². The minimum Gasteiger partial charge on any atom is -0.379 e. The van der Waals surface area contributed by atoms with Crippen LogP contribution in [-0.2, 0) is 28.9 Å². The smallest absolute Gasteiger partial charge is 0.316 e. The summed E-state index contributed by atoms with van der Waals surface area (Å²) >= 11 is 0. The molecule has 1 aromatic carbocycles. The molecule has 0 aliphatic carbocycles. The maximum absolute atomic E-state index is 12.9. The van der Waals surface area contributed by atoms with Gasteiger partial charge in [0, 0.05) is 27.2 Å². The number of ether oxygens (including phenoxy) is 1. The number of morpholine rings is 1. The van der Waals surface area contributed by atoms with Gasteiger partial charge in [-0.3, -0.25) is 9.59 Å². The van der Waals surface area contributed by atoms with Gasteiger partial charge in [-0.1, -0.05) is 0 Å². The summed E-state index contributed by atoms with van der Waals surface area (Å²) in [6, 6.07) is 3.10. The molecule has 130 valence electrons. The Labute approximate surface area is 138 Å². The van der Waals surface area contributed by atoms with E-state index in [1.54, 1.807) is 13.0 Å². The van der Waals surface area contributed by atoms with Crippen LogP contribution in [0.15, 0.2) is 26.6 Å². The van der Waals surface area contributed by atoms with Crippen LogP contribution in [0, 0.1) is 6.92 Å². The van der Waals surface area contributed by atoms with Crippen LogP contribution in [0.5, 0.6) is 0 Å². The van der Waals surface area contributed by atoms with E-state index in [1.807, 2.05) is 0 Å². The number of aromatic nitrogens is 2. The van der Waals surface area contributed by atoms with E-state index in [2.05, 4.69) is 0 Å². The molecule has 0 radical (unpaired) electrons. The Balaban J connectivity index is 2.29. The molecule has 0 unspecified atom stereocenters. The van der Waals surface area contributed by atoms with E-state index < -0.39 is 21.1 Å². The van der Waals surface area contributed by atoms with Crippen molar-refractivity contribution in [3.63, 3.8) is 0 Å². The van der Waals surface area contributed by atoms with Crippen molar-refractivity contribution in [2.75, 3.05) is 26.3 Å². The van der Waals surface area contributed by atoms with Gasteiger partial charge >= 0.3 is 11.1 Å². The molecule has 2 aromatic rings. The van der Waals surface area contributed by atoms with Gasteiger partial charge in [-0.25, -0.2) is 8.42 Å². The summed E-state index contributed by atoms with van der Waals surface area (Å²) in [6.07, 6.45) is 0. The fourth-order valence-corrected chi connectivity index (χ4v) is 4.54. The van der Waals surface area contributed by atoms with Gasteiger partial charge in [-0.2, -0.15) is 4.31 Å². The molecule has 0 atom stereocenters. The normalized spacial score (nSPS) is 16.6. The highest BCUT2D eigenvalue weighted by molar-refractivity contribution is 7.89. The van der Waals surface area contributed by atoms with Crippen LogP contribution in [0.1, 0.15) is 5.56 Å². The minimum absolute atomic E-state index is 0.144. The Bertz CT molecular complexity index is 1030. The van der Waals surface area contributed by atoms with Crippen LogP contribution < -0.4 is 11.1 Å². The number of benzene rings is 1. The van der Waals surface area contributed by atoms with Crippen LogP contribution in [0.25, 0.3) is 11.0 Å². The van der Waals surface area contributed by atoms with Crippen molar-refractivity contribution >= 4 is 21.1 Å². The molecule has 0 saturated carbocycles. The summed E-state index contributed by atoms with van der Waals surface area (Å²) in [4.78, 5) is 24.1. The highest BCUT2D eigenvalue weighted by atomic mass is 32.2. The summed E-state index contributed by atoms with van der Waals surface area (Å²) in [5.41, 5.74) is 0.111. The molecule has 0 amide bonds.